The normalized spacial score (nSPS) is 20.7. The summed E-state index contributed by atoms with van der Waals surface area (Å²) in [5, 5.41) is 20.9. The summed E-state index contributed by atoms with van der Waals surface area (Å²) in [6, 6.07) is 2.94. The number of hydrogen-bond donors (Lipinski definition) is 3. The Bertz CT molecular complexity index is 1090. The van der Waals surface area contributed by atoms with E-state index in [1.54, 1.807) is 0 Å². The molecule has 0 spiro atoms. The largest absolute Gasteiger partial charge is 0.493 e. The Morgan fingerprint density at radius 1 is 1.11 bits per heavy atom. The summed E-state index contributed by atoms with van der Waals surface area (Å²) in [6.07, 6.45) is -2.36. The molecule has 0 aromatic heterocycles. The number of aliphatic hydroxyl groups excluding tert-OH is 1. The Morgan fingerprint density at radius 2 is 1.83 bits per heavy atom. The monoisotopic (exact) mass is 505 g/mol. The molecular formula is C23H21F6NO5. The Morgan fingerprint density at radius 3 is 2.40 bits per heavy atom. The summed E-state index contributed by atoms with van der Waals surface area (Å²) in [5.41, 5.74) is -0.0847. The zero-order chi connectivity index (χ0) is 26.0. The molecule has 3 N–H and O–H groups in total. The Balaban J connectivity index is 1.90. The van der Waals surface area contributed by atoms with E-state index >= 15 is 0 Å². The van der Waals surface area contributed by atoms with Gasteiger partial charge in [-0.1, -0.05) is 18.2 Å². The first kappa shape index (κ1) is 26.4. The van der Waals surface area contributed by atoms with Crippen LogP contribution in [0.3, 0.4) is 0 Å². The summed E-state index contributed by atoms with van der Waals surface area (Å²) in [7, 11) is 1.17. The third-order valence-corrected chi connectivity index (χ3v) is 5.40. The van der Waals surface area contributed by atoms with Crippen molar-refractivity contribution in [2.75, 3.05) is 7.11 Å². The van der Waals surface area contributed by atoms with E-state index in [1.165, 1.54) is 25.3 Å². The van der Waals surface area contributed by atoms with Crippen molar-refractivity contribution < 1.29 is 50.8 Å². The number of rotatable bonds is 7. The molecule has 1 amide bonds. The standard InChI is InChI=1S/C23H21F6NO5/c1-34-19-11-14(24)5-9-17(19)35-18-10-13(22(25,26)23(27,28)29)4-8-16(18)20(31)30-15-6-2-12(3-7-15)21(32)33/h2,5-13,21,32-33H,3-4H2,1H3,(H,30,31). The van der Waals surface area contributed by atoms with E-state index in [-0.39, 0.29) is 29.2 Å². The van der Waals surface area contributed by atoms with Crippen LogP contribution in [0.25, 0.3) is 0 Å². The third kappa shape index (κ3) is 5.88. The van der Waals surface area contributed by atoms with Crippen molar-refractivity contribution >= 4 is 5.91 Å². The topological polar surface area (TPSA) is 88.0 Å². The van der Waals surface area contributed by atoms with Crippen LogP contribution in [0.2, 0.25) is 0 Å². The molecule has 2 aliphatic rings. The van der Waals surface area contributed by atoms with Crippen LogP contribution in [0.15, 0.2) is 65.6 Å². The average Bonchev–Trinajstić information content (AvgIpc) is 2.79. The fourth-order valence-corrected chi connectivity index (χ4v) is 3.44. The van der Waals surface area contributed by atoms with E-state index in [9.17, 15) is 41.4 Å². The highest BCUT2D eigenvalue weighted by molar-refractivity contribution is 5.98. The molecule has 12 heteroatoms. The van der Waals surface area contributed by atoms with Crippen LogP contribution in [0.1, 0.15) is 12.8 Å². The molecule has 0 aliphatic heterocycles. The van der Waals surface area contributed by atoms with Crippen molar-refractivity contribution in [1.82, 2.24) is 5.32 Å². The second-order valence-electron chi connectivity index (χ2n) is 7.79. The van der Waals surface area contributed by atoms with Gasteiger partial charge in [-0.05, 0) is 37.1 Å². The van der Waals surface area contributed by atoms with Gasteiger partial charge in [0.05, 0.1) is 18.6 Å². The number of aliphatic hydroxyl groups is 2. The maximum Gasteiger partial charge on any atom is 0.453 e. The number of benzene rings is 1. The minimum absolute atomic E-state index is 0.175. The van der Waals surface area contributed by atoms with Gasteiger partial charge in [0.2, 0.25) is 0 Å². The van der Waals surface area contributed by atoms with Crippen LogP contribution in [0.5, 0.6) is 11.5 Å². The predicted octanol–water partition coefficient (Wildman–Crippen LogP) is 4.13. The van der Waals surface area contributed by atoms with E-state index < -0.39 is 54.1 Å². The molecule has 0 fully saturated rings. The summed E-state index contributed by atoms with van der Waals surface area (Å²) in [5.74, 6) is -10.7. The summed E-state index contributed by atoms with van der Waals surface area (Å²) in [4.78, 5) is 12.9. The second kappa shape index (κ2) is 10.2. The van der Waals surface area contributed by atoms with Gasteiger partial charge in [-0.2, -0.15) is 22.0 Å². The van der Waals surface area contributed by atoms with Crippen molar-refractivity contribution in [2.24, 2.45) is 11.8 Å². The second-order valence-corrected chi connectivity index (χ2v) is 7.79. The highest BCUT2D eigenvalue weighted by Gasteiger charge is 2.61. The van der Waals surface area contributed by atoms with Crippen LogP contribution in [0, 0.1) is 17.7 Å². The van der Waals surface area contributed by atoms with Gasteiger partial charge in [0, 0.05) is 17.7 Å². The molecule has 1 aromatic carbocycles. The maximum absolute atomic E-state index is 14.0. The molecule has 0 bridgehead atoms. The number of hydrogen-bond acceptors (Lipinski definition) is 5. The highest BCUT2D eigenvalue weighted by Crippen LogP contribution is 2.46. The lowest BCUT2D eigenvalue weighted by Crippen LogP contribution is -2.43. The maximum atomic E-state index is 14.0. The molecule has 35 heavy (non-hydrogen) atoms. The molecule has 1 aromatic rings. The smallest absolute Gasteiger partial charge is 0.453 e. The molecule has 0 saturated carbocycles. The first-order valence-corrected chi connectivity index (χ1v) is 10.3. The van der Waals surface area contributed by atoms with Crippen LogP contribution in [-0.4, -0.2) is 41.6 Å². The minimum Gasteiger partial charge on any atom is -0.493 e. The number of nitrogens with one attached hydrogen (secondary N) is 1. The lowest BCUT2D eigenvalue weighted by atomic mass is 9.89. The van der Waals surface area contributed by atoms with E-state index in [0.29, 0.717) is 6.08 Å². The first-order valence-electron chi connectivity index (χ1n) is 10.3. The Hall–Kier alpha value is -3.25. The number of allylic oxidation sites excluding steroid dienone is 4. The fraction of sp³-hybridized carbons (Fsp3) is 0.348. The van der Waals surface area contributed by atoms with Crippen molar-refractivity contribution in [2.45, 2.75) is 31.2 Å². The van der Waals surface area contributed by atoms with E-state index in [1.807, 2.05) is 0 Å². The number of ether oxygens (including phenoxy) is 2. The molecular weight excluding hydrogens is 484 g/mol. The van der Waals surface area contributed by atoms with Gasteiger partial charge in [-0.3, -0.25) is 4.79 Å². The van der Waals surface area contributed by atoms with Crippen LogP contribution >= 0.6 is 0 Å². The van der Waals surface area contributed by atoms with Crippen molar-refractivity contribution in [3.05, 3.63) is 71.4 Å². The molecule has 6 nitrogen and oxygen atoms in total. The first-order chi connectivity index (χ1) is 16.3. The van der Waals surface area contributed by atoms with Gasteiger partial charge in [-0.15, -0.1) is 0 Å². The van der Waals surface area contributed by atoms with Gasteiger partial charge < -0.3 is 25.0 Å². The Labute approximate surface area is 195 Å². The van der Waals surface area contributed by atoms with Gasteiger partial charge >= 0.3 is 12.1 Å². The fourth-order valence-electron chi connectivity index (χ4n) is 3.44. The molecule has 0 saturated heterocycles. The number of amides is 1. The van der Waals surface area contributed by atoms with Gasteiger partial charge in [0.15, 0.2) is 17.8 Å². The van der Waals surface area contributed by atoms with Gasteiger partial charge in [0.25, 0.3) is 5.91 Å². The molecule has 0 heterocycles. The SMILES string of the molecule is COc1cc(F)ccc1OC1=CC(C(F)(F)C(F)(F)F)CC=C1C(=O)NC1=CCC(C(O)O)C=C1. The minimum atomic E-state index is -5.84. The van der Waals surface area contributed by atoms with E-state index in [0.717, 1.165) is 24.3 Å². The number of halogens is 6. The zero-order valence-corrected chi connectivity index (χ0v) is 18.2. The van der Waals surface area contributed by atoms with Crippen LogP contribution in [-0.2, 0) is 4.79 Å². The number of methoxy groups -OCH3 is 1. The lowest BCUT2D eigenvalue weighted by Gasteiger charge is -2.29. The molecule has 3 rings (SSSR count). The lowest BCUT2D eigenvalue weighted by molar-refractivity contribution is -0.296. The predicted molar refractivity (Wildman–Crippen MR) is 111 cm³/mol. The molecule has 0 radical (unpaired) electrons. The highest BCUT2D eigenvalue weighted by atomic mass is 19.4. The van der Waals surface area contributed by atoms with E-state index in [4.69, 9.17) is 9.47 Å². The zero-order valence-electron chi connectivity index (χ0n) is 18.2. The van der Waals surface area contributed by atoms with Crippen molar-refractivity contribution in [3.8, 4) is 11.5 Å². The summed E-state index contributed by atoms with van der Waals surface area (Å²) >= 11 is 0. The van der Waals surface area contributed by atoms with Crippen LogP contribution < -0.4 is 14.8 Å². The van der Waals surface area contributed by atoms with Crippen LogP contribution in [0.4, 0.5) is 26.3 Å². The van der Waals surface area contributed by atoms with Gasteiger partial charge in [0.1, 0.15) is 11.6 Å². The number of alkyl halides is 5. The van der Waals surface area contributed by atoms with Crippen molar-refractivity contribution in [3.63, 3.8) is 0 Å². The Kier molecular flexibility index (Phi) is 7.65. The summed E-state index contributed by atoms with van der Waals surface area (Å²) in [6.45, 7) is 0. The molecule has 2 unspecified atom stereocenters. The average molecular weight is 505 g/mol. The third-order valence-electron chi connectivity index (χ3n) is 5.40. The number of carbonyl (C=O) groups is 1. The summed E-state index contributed by atoms with van der Waals surface area (Å²) < 4.78 is 90.9. The molecule has 190 valence electrons. The number of carbonyl (C=O) groups excluding carboxylic acids is 1. The van der Waals surface area contributed by atoms with Gasteiger partial charge in [-0.25, -0.2) is 4.39 Å². The van der Waals surface area contributed by atoms with E-state index in [2.05, 4.69) is 5.32 Å². The molecule has 2 aliphatic carbocycles. The molecule has 2 atom stereocenters. The quantitative estimate of drug-likeness (QED) is 0.383. The van der Waals surface area contributed by atoms with Crippen molar-refractivity contribution in [1.29, 1.82) is 0 Å².